The van der Waals surface area contributed by atoms with Crippen LogP contribution in [0.1, 0.15) is 60.0 Å². The number of allylic oxidation sites excluding steroid dienone is 5. The number of alkyl carbamates (subject to hydrolysis) is 1. The number of phosphoric ester groups is 1. The molecule has 398 valence electrons. The summed E-state index contributed by atoms with van der Waals surface area (Å²) in [6.45, 7) is 3.39. The lowest BCUT2D eigenvalue weighted by molar-refractivity contribution is -0.462. The van der Waals surface area contributed by atoms with Gasteiger partial charge in [-0.05, 0) is 64.1 Å². The van der Waals surface area contributed by atoms with Gasteiger partial charge in [0.1, 0.15) is 38.1 Å². The number of carbonyl (C=O) groups is 3. The molecule has 1 fully saturated rings. The molecule has 4 aromatic rings. The van der Waals surface area contributed by atoms with Gasteiger partial charge >= 0.3 is 29.6 Å². The molecule has 1 saturated heterocycles. The van der Waals surface area contributed by atoms with Crippen LogP contribution in [-0.4, -0.2) is 157 Å². The molecule has 0 saturated carbocycles. The van der Waals surface area contributed by atoms with Gasteiger partial charge in [0.2, 0.25) is 5.91 Å². The number of aliphatic hydroxyl groups is 1. The van der Waals surface area contributed by atoms with Crippen molar-refractivity contribution in [2.45, 2.75) is 56.6 Å². The fraction of sp³-hybridized carbons (Fsp3) is 0.400. The van der Waals surface area contributed by atoms with Crippen LogP contribution in [-0.2, 0) is 46.5 Å². The van der Waals surface area contributed by atoms with Gasteiger partial charge in [-0.2, -0.15) is 8.62 Å². The number of imidazole rings is 1. The first-order valence-electron chi connectivity index (χ1n) is 22.8. The van der Waals surface area contributed by atoms with Gasteiger partial charge in [0.15, 0.2) is 29.5 Å². The second-order valence-corrected chi connectivity index (χ2v) is 22.7. The Labute approximate surface area is 424 Å². The van der Waals surface area contributed by atoms with Crippen LogP contribution in [0.5, 0.6) is 0 Å². The summed E-state index contributed by atoms with van der Waals surface area (Å²) in [6.07, 6.45) is 1.35. The van der Waals surface area contributed by atoms with Crippen molar-refractivity contribution < 1.29 is 80.0 Å². The molecule has 1 aliphatic heterocycles. The molecule has 7 rings (SSSR count). The Hall–Kier alpha value is -5.98. The molecule has 3 heterocycles. The number of nitrogen functional groups attached to an aromatic ring is 1. The minimum atomic E-state index is -5.86. The predicted octanol–water partition coefficient (Wildman–Crippen LogP) is 3.14. The van der Waals surface area contributed by atoms with Crippen LogP contribution in [0.2, 0.25) is 0 Å². The minimum absolute atomic E-state index is 0.0370. The first-order chi connectivity index (χ1) is 34.7. The number of anilines is 2. The Morgan fingerprint density at radius 1 is 0.932 bits per heavy atom. The van der Waals surface area contributed by atoms with Crippen molar-refractivity contribution in [3.05, 3.63) is 107 Å². The number of aliphatic hydroxyl groups excluding tert-OH is 1. The van der Waals surface area contributed by atoms with Crippen molar-refractivity contribution in [1.29, 1.82) is 0 Å². The van der Waals surface area contributed by atoms with Crippen molar-refractivity contribution in [1.82, 2.24) is 35.1 Å². The van der Waals surface area contributed by atoms with Gasteiger partial charge in [-0.15, -0.1) is 0 Å². The van der Waals surface area contributed by atoms with Crippen LogP contribution < -0.4 is 21.3 Å². The summed E-state index contributed by atoms with van der Waals surface area (Å²) >= 11 is 0. The van der Waals surface area contributed by atoms with Crippen molar-refractivity contribution in [3.63, 3.8) is 0 Å². The van der Waals surface area contributed by atoms with E-state index < -0.39 is 60.7 Å². The van der Waals surface area contributed by atoms with Crippen LogP contribution in [0.3, 0.4) is 0 Å². The standard InChI is InChI=1S/C45H57N10O16P3/c1-45(2)32-21-26(52(3)4)14-16-30(32)36(31-17-15-27(53(5)6)22-33(31)45)28-11-8-9-12-29(28)42(58)54(7)20-10-13-35(56)47-18-19-48-44(59)69-39-38(57)34(23-67-73(63,64)71-74(65,66)70-72(60,61)62)68-43(39)55-25-51-37-40(46)49-24-50-41(37)55/h8-9,11-12,14-17,21-22,24-25,34,38-39,43,57H,10,13,18-20,23H2,1-7H3,(H7-,46,47,48,49,50,56,59,60,61,62,63,64,65,66)/p+1/t34-,38-,39-,43-/m1/s1. The van der Waals surface area contributed by atoms with Crippen LogP contribution >= 0.6 is 23.5 Å². The molecule has 2 aromatic carbocycles. The molecule has 6 atom stereocenters. The number of fused-ring (bicyclic) bond motifs is 3. The second kappa shape index (κ2) is 22.1. The summed E-state index contributed by atoms with van der Waals surface area (Å²) in [6, 6.07) is 14.0. The smallest absolute Gasteiger partial charge is 0.439 e. The highest BCUT2D eigenvalue weighted by molar-refractivity contribution is 7.66. The van der Waals surface area contributed by atoms with Gasteiger partial charge < -0.3 is 60.3 Å². The lowest BCUT2D eigenvalue weighted by Crippen LogP contribution is -2.41. The maximum Gasteiger partial charge on any atom is 0.490 e. The Kier molecular flexibility index (Phi) is 16.6. The molecular formula is C45H58N10O16P3+. The average molecular weight is 1090 g/mol. The molecule has 2 aliphatic carbocycles. The van der Waals surface area contributed by atoms with E-state index in [2.05, 4.69) is 98.5 Å². The van der Waals surface area contributed by atoms with Gasteiger partial charge in [0, 0.05) is 76.0 Å². The zero-order valence-electron chi connectivity index (χ0n) is 41.3. The third-order valence-corrected chi connectivity index (χ3v) is 16.1. The van der Waals surface area contributed by atoms with Crippen molar-refractivity contribution in [2.75, 3.05) is 72.1 Å². The molecule has 2 unspecified atom stereocenters. The number of hydrogen-bond acceptors (Lipinski definition) is 17. The number of rotatable bonds is 19. The minimum Gasteiger partial charge on any atom is -0.439 e. The van der Waals surface area contributed by atoms with Crippen molar-refractivity contribution in [3.8, 4) is 0 Å². The fourth-order valence-electron chi connectivity index (χ4n) is 8.70. The van der Waals surface area contributed by atoms with Crippen molar-refractivity contribution in [2.24, 2.45) is 0 Å². The molecule has 3 amide bonds. The van der Waals surface area contributed by atoms with E-state index in [9.17, 15) is 43.0 Å². The topological polar surface area (TPSA) is 353 Å². The Bertz CT molecular complexity index is 3130. The number of nitrogens with zero attached hydrogens (tertiary/aromatic N) is 7. The number of amides is 3. The summed E-state index contributed by atoms with van der Waals surface area (Å²) in [5.74, 6) is -0.621. The number of aromatic nitrogens is 4. The van der Waals surface area contributed by atoms with Crippen LogP contribution in [0.4, 0.5) is 16.3 Å². The van der Waals surface area contributed by atoms with Crippen molar-refractivity contribution >= 4 is 75.3 Å². The Morgan fingerprint density at radius 3 is 2.35 bits per heavy atom. The number of ether oxygens (including phenoxy) is 2. The monoisotopic (exact) mass is 1090 g/mol. The van der Waals surface area contributed by atoms with Crippen LogP contribution in [0.15, 0.2) is 84.5 Å². The maximum atomic E-state index is 14.3. The van der Waals surface area contributed by atoms with E-state index in [1.807, 2.05) is 52.5 Å². The van der Waals surface area contributed by atoms with Gasteiger partial charge in [0.05, 0.1) is 12.9 Å². The molecule has 9 N–H and O–H groups in total. The number of nitrogens with one attached hydrogen (secondary N) is 2. The first-order valence-corrected chi connectivity index (χ1v) is 27.3. The lowest BCUT2D eigenvalue weighted by Gasteiger charge is -2.39. The van der Waals surface area contributed by atoms with Gasteiger partial charge in [0.25, 0.3) is 5.91 Å². The van der Waals surface area contributed by atoms with E-state index >= 15 is 0 Å². The van der Waals surface area contributed by atoms with Gasteiger partial charge in [-0.1, -0.05) is 38.1 Å². The molecule has 26 nitrogen and oxygen atoms in total. The zero-order valence-corrected chi connectivity index (χ0v) is 43.9. The fourth-order valence-corrected chi connectivity index (χ4v) is 11.7. The van der Waals surface area contributed by atoms with E-state index in [0.717, 1.165) is 51.1 Å². The Balaban J connectivity index is 0.950. The predicted molar refractivity (Wildman–Crippen MR) is 268 cm³/mol. The van der Waals surface area contributed by atoms with E-state index in [0.29, 0.717) is 12.0 Å². The summed E-state index contributed by atoms with van der Waals surface area (Å²) in [7, 11) is -7.47. The first kappa shape index (κ1) is 55.8. The van der Waals surface area contributed by atoms with E-state index in [4.69, 9.17) is 25.0 Å². The van der Waals surface area contributed by atoms with Gasteiger partial charge in [-0.25, -0.2) is 38.0 Å². The normalized spacial score (nSPS) is 20.7. The quantitative estimate of drug-likeness (QED) is 0.0380. The number of hydrogen-bond donors (Lipinski definition) is 8. The maximum absolute atomic E-state index is 14.3. The van der Waals surface area contributed by atoms with E-state index in [1.165, 1.54) is 10.9 Å². The molecule has 0 radical (unpaired) electrons. The number of carbonyl (C=O) groups excluding carboxylic acids is 3. The highest BCUT2D eigenvalue weighted by Crippen LogP contribution is 2.66. The largest absolute Gasteiger partial charge is 0.490 e. The van der Waals surface area contributed by atoms with Crippen LogP contribution in [0.25, 0.3) is 16.7 Å². The van der Waals surface area contributed by atoms with E-state index in [-0.39, 0.29) is 60.3 Å². The Morgan fingerprint density at radius 2 is 1.65 bits per heavy atom. The third-order valence-electron chi connectivity index (χ3n) is 12.3. The highest BCUT2D eigenvalue weighted by atomic mass is 31.3. The number of benzene rings is 2. The van der Waals surface area contributed by atoms with E-state index in [1.54, 1.807) is 11.9 Å². The zero-order chi connectivity index (χ0) is 54.1. The third kappa shape index (κ3) is 12.6. The summed E-state index contributed by atoms with van der Waals surface area (Å²) < 4.78 is 61.9. The molecule has 0 spiro atoms. The number of nitrogens with two attached hydrogens (primary N) is 1. The summed E-state index contributed by atoms with van der Waals surface area (Å²) in [5.41, 5.74) is 14.4. The second-order valence-electron chi connectivity index (χ2n) is 18.3. The number of phosphoric acid groups is 3. The SMILES string of the molecule is CN(CCCC(=O)NCCNC(=O)O[C@@H]1[C@H](O)[C@@H](COP(=O)(O)OP(=O)(O)OP(=O)(O)O)O[C@H]1n1cnc2c(N)ncnc21)C(=O)c1ccccc1C1=C2C=CC(=[N+](C)C)C=C2C(C)(C)c2cc(N(C)C)ccc21. The molecule has 2 aromatic heterocycles. The average Bonchev–Trinajstić information content (AvgIpc) is 3.88. The lowest BCUT2D eigenvalue weighted by atomic mass is 9.64. The molecular weight excluding hydrogens is 1030 g/mol. The summed E-state index contributed by atoms with van der Waals surface area (Å²) in [4.78, 5) is 93.2. The summed E-state index contributed by atoms with van der Waals surface area (Å²) in [5, 5.41) is 16.4. The van der Waals surface area contributed by atoms with Crippen LogP contribution in [0, 0.1) is 0 Å². The molecule has 74 heavy (non-hydrogen) atoms. The molecule has 29 heteroatoms. The molecule has 3 aliphatic rings. The highest BCUT2D eigenvalue weighted by Gasteiger charge is 2.50. The molecule has 0 bridgehead atoms. The van der Waals surface area contributed by atoms with Gasteiger partial charge in [-0.3, -0.25) is 18.7 Å².